The number of aromatic nitrogens is 2. The minimum atomic E-state index is -1.40. The van der Waals surface area contributed by atoms with Gasteiger partial charge in [0.2, 0.25) is 0 Å². The molecular formula is C15H17ClN2O5S2. The number of halogens is 1. The molecule has 0 amide bonds. The summed E-state index contributed by atoms with van der Waals surface area (Å²) in [5.74, 6) is 0. The molecule has 10 heteroatoms. The molecule has 1 fully saturated rings. The van der Waals surface area contributed by atoms with Crippen LogP contribution in [0.3, 0.4) is 0 Å². The van der Waals surface area contributed by atoms with E-state index in [4.69, 9.17) is 16.3 Å². The molecule has 0 saturated carbocycles. The molecule has 7 nitrogen and oxygen atoms in total. The van der Waals surface area contributed by atoms with Crippen LogP contribution >= 0.6 is 34.7 Å². The minimum absolute atomic E-state index is 0.458. The van der Waals surface area contributed by atoms with Gasteiger partial charge in [-0.15, -0.1) is 10.2 Å². The molecule has 0 radical (unpaired) electrons. The molecule has 136 valence electrons. The van der Waals surface area contributed by atoms with Crippen molar-refractivity contribution in [3.63, 3.8) is 0 Å². The lowest BCUT2D eigenvalue weighted by atomic mass is 10.0. The third-order valence-electron chi connectivity index (χ3n) is 3.78. The number of benzene rings is 1. The molecule has 4 N–H and O–H groups in total. The lowest BCUT2D eigenvalue weighted by Crippen LogP contribution is -2.57. The predicted molar refractivity (Wildman–Crippen MR) is 93.8 cm³/mol. The number of aliphatic hydroxyl groups is 4. The summed E-state index contributed by atoms with van der Waals surface area (Å²) < 4.78 is 6.02. The Bertz CT molecular complexity index is 699. The van der Waals surface area contributed by atoms with E-state index in [-0.39, 0.29) is 0 Å². The topological polar surface area (TPSA) is 116 Å². The lowest BCUT2D eigenvalue weighted by Gasteiger charge is -2.39. The highest BCUT2D eigenvalue weighted by Gasteiger charge is 2.44. The van der Waals surface area contributed by atoms with Crippen LogP contribution in [-0.2, 0) is 11.2 Å². The zero-order valence-electron chi connectivity index (χ0n) is 12.9. The molecule has 3 rings (SSSR count). The summed E-state index contributed by atoms with van der Waals surface area (Å²) in [5, 5.41) is 48.5. The summed E-state index contributed by atoms with van der Waals surface area (Å²) in [5.41, 5.74) is 0.192. The van der Waals surface area contributed by atoms with Crippen molar-refractivity contribution in [1.82, 2.24) is 10.2 Å². The Labute approximate surface area is 157 Å². The summed E-state index contributed by atoms with van der Waals surface area (Å²) in [6, 6.07) is 7.44. The van der Waals surface area contributed by atoms with Crippen molar-refractivity contribution < 1.29 is 25.2 Å². The second-order valence-electron chi connectivity index (χ2n) is 5.58. The highest BCUT2D eigenvalue weighted by Crippen LogP contribution is 2.35. The maximum Gasteiger partial charge on any atom is 0.176 e. The van der Waals surface area contributed by atoms with Crippen LogP contribution in [0.25, 0.3) is 0 Å². The summed E-state index contributed by atoms with van der Waals surface area (Å²) in [6.45, 7) is -0.458. The van der Waals surface area contributed by atoms with Crippen LogP contribution in [0.2, 0.25) is 5.02 Å². The fraction of sp³-hybridized carbons (Fsp3) is 0.467. The van der Waals surface area contributed by atoms with Crippen LogP contribution in [0.5, 0.6) is 0 Å². The van der Waals surface area contributed by atoms with Gasteiger partial charge in [0.05, 0.1) is 6.61 Å². The zero-order chi connectivity index (χ0) is 18.0. The van der Waals surface area contributed by atoms with E-state index in [1.165, 1.54) is 11.3 Å². The quantitative estimate of drug-likeness (QED) is 0.574. The SMILES string of the molecule is OC[C@H]1O[C@@H](Sc2nnc(Cc3ccc(Cl)cc3)s2)[C@H](O)[C@@H](O)[C@H]1O. The number of hydrogen-bond donors (Lipinski definition) is 4. The van der Waals surface area contributed by atoms with E-state index < -0.39 is 36.5 Å². The molecule has 25 heavy (non-hydrogen) atoms. The molecule has 2 aromatic rings. The number of nitrogens with zero attached hydrogens (tertiary/aromatic N) is 2. The second-order valence-corrected chi connectivity index (χ2v) is 8.42. The van der Waals surface area contributed by atoms with Crippen LogP contribution in [0.15, 0.2) is 28.6 Å². The van der Waals surface area contributed by atoms with E-state index in [9.17, 15) is 20.4 Å². The monoisotopic (exact) mass is 404 g/mol. The third kappa shape index (κ3) is 4.50. The molecule has 0 bridgehead atoms. The predicted octanol–water partition coefficient (Wildman–Crippen LogP) is 0.674. The van der Waals surface area contributed by atoms with E-state index >= 15 is 0 Å². The van der Waals surface area contributed by atoms with Gasteiger partial charge in [0.15, 0.2) is 4.34 Å². The van der Waals surface area contributed by atoms with Crippen molar-refractivity contribution in [3.05, 3.63) is 39.9 Å². The average Bonchev–Trinajstić information content (AvgIpc) is 3.04. The van der Waals surface area contributed by atoms with E-state index in [0.29, 0.717) is 15.8 Å². The average molecular weight is 405 g/mol. The van der Waals surface area contributed by atoms with E-state index in [1.807, 2.05) is 24.3 Å². The maximum absolute atomic E-state index is 10.1. The second kappa shape index (κ2) is 8.28. The molecule has 1 aliphatic heterocycles. The van der Waals surface area contributed by atoms with E-state index in [0.717, 1.165) is 22.3 Å². The van der Waals surface area contributed by atoms with Gasteiger partial charge in [-0.25, -0.2) is 0 Å². The molecule has 5 atom stereocenters. The first-order valence-corrected chi connectivity index (χ1v) is 9.59. The van der Waals surface area contributed by atoms with Gasteiger partial charge in [-0.2, -0.15) is 0 Å². The van der Waals surface area contributed by atoms with Crippen molar-refractivity contribution in [1.29, 1.82) is 0 Å². The molecular weight excluding hydrogens is 388 g/mol. The highest BCUT2D eigenvalue weighted by atomic mass is 35.5. The van der Waals surface area contributed by atoms with Crippen molar-refractivity contribution in [2.45, 2.75) is 40.6 Å². The number of hydrogen-bond acceptors (Lipinski definition) is 9. The molecule has 0 aliphatic carbocycles. The van der Waals surface area contributed by atoms with Gasteiger partial charge in [0.25, 0.3) is 0 Å². The number of ether oxygens (including phenoxy) is 1. The van der Waals surface area contributed by atoms with Crippen molar-refractivity contribution in [2.75, 3.05) is 6.61 Å². The van der Waals surface area contributed by atoms with Gasteiger partial charge in [-0.1, -0.05) is 46.8 Å². The van der Waals surface area contributed by atoms with Crippen LogP contribution in [-0.4, -0.2) is 67.1 Å². The maximum atomic E-state index is 10.1. The standard InChI is InChI=1S/C15H17ClN2O5S2/c16-8-3-1-7(2-4-8)5-10-17-18-15(24-10)25-14-13(22)12(21)11(20)9(6-19)23-14/h1-4,9,11-14,19-22H,5-6H2/t9-,11+,12+,13-,14+/m1/s1. The number of thioether (sulfide) groups is 1. The zero-order valence-corrected chi connectivity index (χ0v) is 15.3. The molecule has 0 unspecified atom stereocenters. The van der Waals surface area contributed by atoms with Gasteiger partial charge in [-0.05, 0) is 17.7 Å². The minimum Gasteiger partial charge on any atom is -0.394 e. The third-order valence-corrected chi connectivity index (χ3v) is 6.20. The first-order valence-electron chi connectivity index (χ1n) is 7.52. The lowest BCUT2D eigenvalue weighted by molar-refractivity contribution is -0.205. The number of rotatable bonds is 5. The molecule has 0 spiro atoms. The molecule has 1 aromatic carbocycles. The first kappa shape index (κ1) is 19.0. The Morgan fingerprint density at radius 1 is 1.08 bits per heavy atom. The van der Waals surface area contributed by atoms with Crippen LogP contribution < -0.4 is 0 Å². The van der Waals surface area contributed by atoms with Gasteiger partial charge >= 0.3 is 0 Å². The molecule has 1 aliphatic rings. The fourth-order valence-corrected chi connectivity index (χ4v) is 4.68. The Morgan fingerprint density at radius 2 is 1.80 bits per heavy atom. The first-order chi connectivity index (χ1) is 12.0. The Balaban J connectivity index is 1.65. The van der Waals surface area contributed by atoms with Gasteiger partial charge < -0.3 is 25.2 Å². The van der Waals surface area contributed by atoms with E-state index in [1.54, 1.807) is 0 Å². The van der Waals surface area contributed by atoms with Crippen LogP contribution in [0.1, 0.15) is 10.6 Å². The highest BCUT2D eigenvalue weighted by molar-refractivity contribution is 8.01. The Morgan fingerprint density at radius 3 is 2.48 bits per heavy atom. The molecule has 2 heterocycles. The normalized spacial score (nSPS) is 29.7. The van der Waals surface area contributed by atoms with Crippen LogP contribution in [0.4, 0.5) is 0 Å². The Kier molecular flexibility index (Phi) is 6.29. The largest absolute Gasteiger partial charge is 0.394 e. The number of aliphatic hydroxyl groups excluding tert-OH is 4. The van der Waals surface area contributed by atoms with Gasteiger partial charge in [0, 0.05) is 11.4 Å². The summed E-state index contributed by atoms with van der Waals surface area (Å²) in [7, 11) is 0. The summed E-state index contributed by atoms with van der Waals surface area (Å²) in [6.07, 6.45) is -4.40. The fourth-order valence-electron chi connectivity index (χ4n) is 2.40. The van der Waals surface area contributed by atoms with Gasteiger partial charge in [0.1, 0.15) is 34.9 Å². The van der Waals surface area contributed by atoms with Crippen molar-refractivity contribution >= 4 is 34.7 Å². The molecule has 1 aromatic heterocycles. The van der Waals surface area contributed by atoms with Crippen LogP contribution in [0, 0.1) is 0 Å². The van der Waals surface area contributed by atoms with Crippen molar-refractivity contribution in [2.24, 2.45) is 0 Å². The summed E-state index contributed by atoms with van der Waals surface area (Å²) in [4.78, 5) is 0. The van der Waals surface area contributed by atoms with Gasteiger partial charge in [-0.3, -0.25) is 0 Å². The Hall–Kier alpha value is -0.780. The smallest absolute Gasteiger partial charge is 0.176 e. The molecule has 1 saturated heterocycles. The van der Waals surface area contributed by atoms with E-state index in [2.05, 4.69) is 10.2 Å². The van der Waals surface area contributed by atoms with Crippen molar-refractivity contribution in [3.8, 4) is 0 Å². The summed E-state index contributed by atoms with van der Waals surface area (Å²) >= 11 is 8.31.